The molecule has 0 N–H and O–H groups in total. The fourth-order valence-electron chi connectivity index (χ4n) is 2.57. The number of hydrogen-bond acceptors (Lipinski definition) is 5. The third-order valence-electron chi connectivity index (χ3n) is 3.87. The van der Waals surface area contributed by atoms with Crippen LogP contribution in [-0.4, -0.2) is 47.2 Å². The van der Waals surface area contributed by atoms with Crippen molar-refractivity contribution in [3.63, 3.8) is 0 Å². The van der Waals surface area contributed by atoms with E-state index < -0.39 is 0 Å². The first-order chi connectivity index (χ1) is 11.1. The van der Waals surface area contributed by atoms with E-state index in [2.05, 4.69) is 10.2 Å². The number of aromatic nitrogens is 2. The molecular weight excluding hydrogens is 316 g/mol. The molecule has 0 spiro atoms. The van der Waals surface area contributed by atoms with Crippen LogP contribution in [0.1, 0.15) is 13.8 Å². The molecule has 2 heterocycles. The van der Waals surface area contributed by atoms with Gasteiger partial charge in [-0.05, 0) is 12.1 Å². The second kappa shape index (κ2) is 6.58. The average Bonchev–Trinajstić information content (AvgIpc) is 3.04. The molecule has 0 radical (unpaired) electrons. The number of piperazine rings is 1. The van der Waals surface area contributed by atoms with Crippen LogP contribution in [0.3, 0.4) is 0 Å². The quantitative estimate of drug-likeness (QED) is 0.863. The Morgan fingerprint density at radius 1 is 1.17 bits per heavy atom. The molecule has 1 aliphatic heterocycles. The Hall–Kier alpha value is -2.08. The zero-order chi connectivity index (χ0) is 16.4. The van der Waals surface area contributed by atoms with Crippen LogP contribution >= 0.6 is 11.6 Å². The van der Waals surface area contributed by atoms with E-state index in [1.807, 2.05) is 41.8 Å². The highest BCUT2D eigenvalue weighted by atomic mass is 35.5. The zero-order valence-electron chi connectivity index (χ0n) is 13.2. The number of carbonyl (C=O) groups is 1. The van der Waals surface area contributed by atoms with Gasteiger partial charge in [0.15, 0.2) is 0 Å². The van der Waals surface area contributed by atoms with E-state index in [-0.39, 0.29) is 11.8 Å². The maximum atomic E-state index is 12.0. The summed E-state index contributed by atoms with van der Waals surface area (Å²) in [4.78, 5) is 15.9. The van der Waals surface area contributed by atoms with E-state index in [9.17, 15) is 4.79 Å². The van der Waals surface area contributed by atoms with Crippen LogP contribution < -0.4 is 4.90 Å². The molecule has 1 aromatic carbocycles. The minimum absolute atomic E-state index is 0.0248. The van der Waals surface area contributed by atoms with Crippen LogP contribution in [0.5, 0.6) is 0 Å². The van der Waals surface area contributed by atoms with Crippen LogP contribution in [0, 0.1) is 5.92 Å². The van der Waals surface area contributed by atoms with Gasteiger partial charge in [0, 0.05) is 32.1 Å². The summed E-state index contributed by atoms with van der Waals surface area (Å²) in [5.41, 5.74) is 0.724. The summed E-state index contributed by atoms with van der Waals surface area (Å²) in [5.74, 6) is 0.620. The highest BCUT2D eigenvalue weighted by Gasteiger charge is 2.25. The average molecular weight is 335 g/mol. The molecule has 7 heteroatoms. The minimum atomic E-state index is 0.0248. The van der Waals surface area contributed by atoms with Gasteiger partial charge in [0.25, 0.3) is 5.89 Å². The van der Waals surface area contributed by atoms with Crippen LogP contribution in [0.4, 0.5) is 6.01 Å². The molecular formula is C16H19ClN4O2. The zero-order valence-corrected chi connectivity index (χ0v) is 14.0. The van der Waals surface area contributed by atoms with Crippen molar-refractivity contribution >= 4 is 23.5 Å². The Balaban J connectivity index is 1.68. The standard InChI is InChI=1S/C16H19ClN4O2/c1-11(2)15(22)20-7-9-21(10-8-20)16-19-18-14(23-16)12-5-3-4-6-13(12)17/h3-6,11H,7-10H2,1-2H3. The Morgan fingerprint density at radius 2 is 1.87 bits per heavy atom. The lowest BCUT2D eigenvalue weighted by atomic mass is 10.1. The largest absolute Gasteiger partial charge is 0.403 e. The number of hydrogen-bond donors (Lipinski definition) is 0. The molecule has 0 saturated carbocycles. The first kappa shape index (κ1) is 15.8. The van der Waals surface area contributed by atoms with Crippen LogP contribution in [0.2, 0.25) is 5.02 Å². The van der Waals surface area contributed by atoms with Gasteiger partial charge in [-0.15, -0.1) is 5.10 Å². The second-order valence-electron chi connectivity index (χ2n) is 5.84. The summed E-state index contributed by atoms with van der Waals surface area (Å²) in [6.07, 6.45) is 0. The number of carbonyl (C=O) groups excluding carboxylic acids is 1. The van der Waals surface area contributed by atoms with Crippen molar-refractivity contribution in [1.29, 1.82) is 0 Å². The predicted octanol–water partition coefficient (Wildman–Crippen LogP) is 2.69. The molecule has 0 bridgehead atoms. The number of halogens is 1. The third kappa shape index (κ3) is 3.32. The molecule has 6 nitrogen and oxygen atoms in total. The van der Waals surface area contributed by atoms with Gasteiger partial charge in [-0.3, -0.25) is 4.79 Å². The summed E-state index contributed by atoms with van der Waals surface area (Å²) >= 11 is 6.15. The van der Waals surface area contributed by atoms with Crippen molar-refractivity contribution in [2.24, 2.45) is 5.92 Å². The van der Waals surface area contributed by atoms with Crippen LogP contribution in [0.25, 0.3) is 11.5 Å². The topological polar surface area (TPSA) is 62.5 Å². The molecule has 0 atom stereocenters. The molecule has 1 fully saturated rings. The maximum Gasteiger partial charge on any atom is 0.318 e. The molecule has 1 saturated heterocycles. The number of anilines is 1. The van der Waals surface area contributed by atoms with E-state index in [1.165, 1.54) is 0 Å². The van der Waals surface area contributed by atoms with Gasteiger partial charge in [0.2, 0.25) is 5.91 Å². The Bertz CT molecular complexity index is 693. The summed E-state index contributed by atoms with van der Waals surface area (Å²) < 4.78 is 5.75. The number of benzene rings is 1. The lowest BCUT2D eigenvalue weighted by molar-refractivity contribution is -0.134. The molecule has 23 heavy (non-hydrogen) atoms. The van der Waals surface area contributed by atoms with Gasteiger partial charge in [0.1, 0.15) is 0 Å². The SMILES string of the molecule is CC(C)C(=O)N1CCN(c2nnc(-c3ccccc3Cl)o2)CC1. The lowest BCUT2D eigenvalue weighted by Crippen LogP contribution is -2.50. The summed E-state index contributed by atoms with van der Waals surface area (Å²) in [7, 11) is 0. The van der Waals surface area contributed by atoms with Gasteiger partial charge in [-0.25, -0.2) is 0 Å². The molecule has 0 aliphatic carbocycles. The summed E-state index contributed by atoms with van der Waals surface area (Å²) in [5, 5.41) is 8.77. The Morgan fingerprint density at radius 3 is 2.52 bits per heavy atom. The fourth-order valence-corrected chi connectivity index (χ4v) is 2.79. The van der Waals surface area contributed by atoms with Gasteiger partial charge < -0.3 is 14.2 Å². The van der Waals surface area contributed by atoms with E-state index >= 15 is 0 Å². The van der Waals surface area contributed by atoms with E-state index in [0.29, 0.717) is 43.1 Å². The fraction of sp³-hybridized carbons (Fsp3) is 0.438. The number of amides is 1. The molecule has 2 aromatic rings. The normalized spacial score (nSPS) is 15.3. The molecule has 1 aromatic heterocycles. The van der Waals surface area contributed by atoms with Crippen molar-refractivity contribution in [3.8, 4) is 11.5 Å². The van der Waals surface area contributed by atoms with E-state index in [0.717, 1.165) is 5.56 Å². The van der Waals surface area contributed by atoms with E-state index in [1.54, 1.807) is 6.07 Å². The van der Waals surface area contributed by atoms with Gasteiger partial charge in [0.05, 0.1) is 10.6 Å². The highest BCUT2D eigenvalue weighted by molar-refractivity contribution is 6.33. The first-order valence-corrected chi connectivity index (χ1v) is 8.06. The highest BCUT2D eigenvalue weighted by Crippen LogP contribution is 2.28. The van der Waals surface area contributed by atoms with Crippen molar-refractivity contribution in [3.05, 3.63) is 29.3 Å². The second-order valence-corrected chi connectivity index (χ2v) is 6.24. The predicted molar refractivity (Wildman–Crippen MR) is 88.4 cm³/mol. The maximum absolute atomic E-state index is 12.0. The van der Waals surface area contributed by atoms with Crippen molar-refractivity contribution in [2.75, 3.05) is 31.1 Å². The third-order valence-corrected chi connectivity index (χ3v) is 4.20. The summed E-state index contributed by atoms with van der Waals surface area (Å²) in [6, 6.07) is 7.84. The van der Waals surface area contributed by atoms with Crippen molar-refractivity contribution in [2.45, 2.75) is 13.8 Å². The molecule has 3 rings (SSSR count). The van der Waals surface area contributed by atoms with Crippen LogP contribution in [-0.2, 0) is 4.79 Å². The minimum Gasteiger partial charge on any atom is -0.403 e. The smallest absolute Gasteiger partial charge is 0.318 e. The lowest BCUT2D eigenvalue weighted by Gasteiger charge is -2.34. The molecule has 1 aliphatic rings. The molecule has 122 valence electrons. The van der Waals surface area contributed by atoms with Gasteiger partial charge in [-0.2, -0.15) is 0 Å². The van der Waals surface area contributed by atoms with Gasteiger partial charge in [-0.1, -0.05) is 42.7 Å². The molecule has 1 amide bonds. The molecule has 0 unspecified atom stereocenters. The number of nitrogens with zero attached hydrogens (tertiary/aromatic N) is 4. The van der Waals surface area contributed by atoms with Gasteiger partial charge >= 0.3 is 6.01 Å². The van der Waals surface area contributed by atoms with Crippen molar-refractivity contribution < 1.29 is 9.21 Å². The van der Waals surface area contributed by atoms with Crippen molar-refractivity contribution in [1.82, 2.24) is 15.1 Å². The summed E-state index contributed by atoms with van der Waals surface area (Å²) in [6.45, 7) is 6.54. The monoisotopic (exact) mass is 334 g/mol. The Labute approximate surface area is 140 Å². The Kier molecular flexibility index (Phi) is 4.52. The van der Waals surface area contributed by atoms with E-state index in [4.69, 9.17) is 16.0 Å². The van der Waals surface area contributed by atoms with Crippen LogP contribution in [0.15, 0.2) is 28.7 Å². The number of rotatable bonds is 3. The first-order valence-electron chi connectivity index (χ1n) is 7.68.